The van der Waals surface area contributed by atoms with Crippen molar-refractivity contribution in [1.82, 2.24) is 10.6 Å². The monoisotopic (exact) mass is 380 g/mol. The largest absolute Gasteiger partial charge is 0.352 e. The fraction of sp³-hybridized carbons (Fsp3) is 0.278. The van der Waals surface area contributed by atoms with Crippen molar-refractivity contribution in [2.75, 3.05) is 0 Å². The summed E-state index contributed by atoms with van der Waals surface area (Å²) in [5, 5.41) is 6.06. The molecular weight excluding hydrogens is 362 g/mol. The summed E-state index contributed by atoms with van der Waals surface area (Å²) in [6, 6.07) is 11.0. The van der Waals surface area contributed by atoms with Gasteiger partial charge in [0.2, 0.25) is 15.7 Å². The average molecular weight is 380 g/mol. The molecule has 0 bridgehead atoms. The lowest BCUT2D eigenvalue weighted by molar-refractivity contribution is -0.120. The molecule has 0 aliphatic carbocycles. The Morgan fingerprint density at radius 1 is 1.04 bits per heavy atom. The number of hydrogen-bond acceptors (Lipinski definition) is 4. The van der Waals surface area contributed by atoms with Crippen molar-refractivity contribution in [3.05, 3.63) is 64.7 Å². The maximum absolute atomic E-state index is 12.5. The van der Waals surface area contributed by atoms with E-state index in [1.807, 2.05) is 12.1 Å². The van der Waals surface area contributed by atoms with E-state index >= 15 is 0 Å². The highest BCUT2D eigenvalue weighted by Gasteiger charge is 2.26. The Kier molecular flexibility index (Phi) is 5.33. The van der Waals surface area contributed by atoms with Gasteiger partial charge >= 0.3 is 5.76 Å². The van der Waals surface area contributed by atoms with Crippen LogP contribution in [0, 0.1) is 0 Å². The Bertz CT molecular complexity index is 913. The topological polar surface area (TPSA) is 75.3 Å². The van der Waals surface area contributed by atoms with Crippen molar-refractivity contribution in [2.24, 2.45) is 0 Å². The molecule has 2 N–H and O–H groups in total. The standard InChI is InChI=1S/C18H18F2N2O3S/c19-18(20)26(24,25)16-5-2-12(3-6-16)8-17(23)22-9-13-1-4-14-10-21-11-15(14)7-13/h1-7,18,21H,8-11H2,(H,22,23). The highest BCUT2D eigenvalue weighted by Crippen LogP contribution is 2.19. The summed E-state index contributed by atoms with van der Waals surface area (Å²) < 4.78 is 47.7. The number of rotatable bonds is 6. The SMILES string of the molecule is O=C(Cc1ccc(S(=O)(=O)C(F)F)cc1)NCc1ccc2c(c1)CNC2. The number of carbonyl (C=O) groups is 1. The Hall–Kier alpha value is -2.32. The summed E-state index contributed by atoms with van der Waals surface area (Å²) >= 11 is 0. The zero-order valence-corrected chi connectivity index (χ0v) is 14.7. The third-order valence-electron chi connectivity index (χ3n) is 4.24. The second-order valence-electron chi connectivity index (χ2n) is 6.11. The van der Waals surface area contributed by atoms with Gasteiger partial charge in [0, 0.05) is 19.6 Å². The molecule has 0 spiro atoms. The summed E-state index contributed by atoms with van der Waals surface area (Å²) in [5.74, 6) is -3.69. The van der Waals surface area contributed by atoms with E-state index in [9.17, 15) is 22.0 Å². The molecule has 0 atom stereocenters. The lowest BCUT2D eigenvalue weighted by Gasteiger charge is -2.08. The van der Waals surface area contributed by atoms with Gasteiger partial charge < -0.3 is 10.6 Å². The van der Waals surface area contributed by atoms with Crippen molar-refractivity contribution in [2.45, 2.75) is 36.7 Å². The minimum Gasteiger partial charge on any atom is -0.352 e. The number of alkyl halides is 2. The number of carbonyl (C=O) groups excluding carboxylic acids is 1. The number of sulfone groups is 1. The van der Waals surface area contributed by atoms with Crippen LogP contribution in [0.3, 0.4) is 0 Å². The molecule has 2 aromatic carbocycles. The highest BCUT2D eigenvalue weighted by molar-refractivity contribution is 7.91. The Morgan fingerprint density at radius 3 is 2.38 bits per heavy atom. The molecule has 0 unspecified atom stereocenters. The molecule has 2 aromatic rings. The normalized spacial score (nSPS) is 13.7. The minimum atomic E-state index is -4.61. The van der Waals surface area contributed by atoms with Gasteiger partial charge in [-0.15, -0.1) is 0 Å². The highest BCUT2D eigenvalue weighted by atomic mass is 32.2. The van der Waals surface area contributed by atoms with E-state index in [1.54, 1.807) is 0 Å². The zero-order valence-electron chi connectivity index (χ0n) is 13.8. The van der Waals surface area contributed by atoms with Crippen molar-refractivity contribution in [1.29, 1.82) is 0 Å². The first-order valence-corrected chi connectivity index (χ1v) is 9.60. The Balaban J connectivity index is 1.57. The molecule has 26 heavy (non-hydrogen) atoms. The van der Waals surface area contributed by atoms with E-state index < -0.39 is 20.5 Å². The van der Waals surface area contributed by atoms with Gasteiger partial charge in [-0.3, -0.25) is 4.79 Å². The number of halogens is 2. The first-order chi connectivity index (χ1) is 12.4. The van der Waals surface area contributed by atoms with Gasteiger partial charge in [-0.2, -0.15) is 8.78 Å². The average Bonchev–Trinajstić information content (AvgIpc) is 3.08. The van der Waals surface area contributed by atoms with Gasteiger partial charge in [0.05, 0.1) is 11.3 Å². The van der Waals surface area contributed by atoms with Crippen LogP contribution < -0.4 is 10.6 Å². The van der Waals surface area contributed by atoms with E-state index in [0.717, 1.165) is 30.8 Å². The van der Waals surface area contributed by atoms with Gasteiger partial charge in [0.1, 0.15) is 0 Å². The summed E-state index contributed by atoms with van der Waals surface area (Å²) in [7, 11) is -4.61. The van der Waals surface area contributed by atoms with Crippen LogP contribution in [-0.2, 0) is 40.7 Å². The molecule has 3 rings (SSSR count). The quantitative estimate of drug-likeness (QED) is 0.805. The summed E-state index contributed by atoms with van der Waals surface area (Å²) in [4.78, 5) is 11.6. The first kappa shape index (κ1) is 18.5. The second kappa shape index (κ2) is 7.51. The van der Waals surface area contributed by atoms with Crippen LogP contribution in [0.1, 0.15) is 22.3 Å². The molecule has 0 aromatic heterocycles. The van der Waals surface area contributed by atoms with Crippen molar-refractivity contribution in [3.8, 4) is 0 Å². The second-order valence-corrected chi connectivity index (χ2v) is 8.03. The third-order valence-corrected chi connectivity index (χ3v) is 5.64. The maximum atomic E-state index is 12.5. The van der Waals surface area contributed by atoms with Crippen LogP contribution in [0.15, 0.2) is 47.4 Å². The van der Waals surface area contributed by atoms with Crippen LogP contribution in [-0.4, -0.2) is 20.1 Å². The fourth-order valence-electron chi connectivity index (χ4n) is 2.81. The van der Waals surface area contributed by atoms with Gasteiger partial charge in [-0.25, -0.2) is 8.42 Å². The van der Waals surface area contributed by atoms with E-state index in [1.165, 1.54) is 23.3 Å². The summed E-state index contributed by atoms with van der Waals surface area (Å²) in [6.07, 6.45) is 0.0432. The van der Waals surface area contributed by atoms with Crippen LogP contribution in [0.2, 0.25) is 0 Å². The van der Waals surface area contributed by atoms with Crippen LogP contribution in [0.5, 0.6) is 0 Å². The number of fused-ring (bicyclic) bond motifs is 1. The molecule has 0 saturated carbocycles. The van der Waals surface area contributed by atoms with E-state index in [4.69, 9.17) is 0 Å². The fourth-order valence-corrected chi connectivity index (χ4v) is 3.53. The van der Waals surface area contributed by atoms with E-state index in [0.29, 0.717) is 12.1 Å². The molecule has 0 saturated heterocycles. The van der Waals surface area contributed by atoms with Crippen LogP contribution in [0.4, 0.5) is 8.78 Å². The molecule has 0 fully saturated rings. The van der Waals surface area contributed by atoms with Crippen molar-refractivity contribution >= 4 is 15.7 Å². The van der Waals surface area contributed by atoms with Crippen molar-refractivity contribution < 1.29 is 22.0 Å². The number of benzene rings is 2. The van der Waals surface area contributed by atoms with Crippen LogP contribution >= 0.6 is 0 Å². The Morgan fingerprint density at radius 2 is 1.69 bits per heavy atom. The Labute approximate surface area is 150 Å². The molecule has 0 radical (unpaired) electrons. The zero-order chi connectivity index (χ0) is 18.7. The first-order valence-electron chi connectivity index (χ1n) is 8.05. The molecule has 138 valence electrons. The molecule has 1 aliphatic rings. The molecule has 5 nitrogen and oxygen atoms in total. The predicted octanol–water partition coefficient (Wildman–Crippen LogP) is 2.15. The van der Waals surface area contributed by atoms with Crippen LogP contribution in [0.25, 0.3) is 0 Å². The molecular formula is C18H18F2N2O3S. The minimum absolute atomic E-state index is 0.0432. The van der Waals surface area contributed by atoms with E-state index in [2.05, 4.69) is 16.7 Å². The van der Waals surface area contributed by atoms with Gasteiger partial charge in [0.15, 0.2) is 0 Å². The number of amides is 1. The number of nitrogens with one attached hydrogen (secondary N) is 2. The summed E-state index contributed by atoms with van der Waals surface area (Å²) in [5.41, 5.74) is 4.04. The maximum Gasteiger partial charge on any atom is 0.341 e. The lowest BCUT2D eigenvalue weighted by Crippen LogP contribution is -2.24. The van der Waals surface area contributed by atoms with Gasteiger partial charge in [0.25, 0.3) is 0 Å². The third kappa shape index (κ3) is 4.08. The van der Waals surface area contributed by atoms with E-state index in [-0.39, 0.29) is 12.3 Å². The molecule has 1 heterocycles. The lowest BCUT2D eigenvalue weighted by atomic mass is 10.1. The number of hydrogen-bond donors (Lipinski definition) is 2. The molecule has 1 amide bonds. The van der Waals surface area contributed by atoms with Gasteiger partial charge in [-0.05, 0) is 34.4 Å². The molecule has 8 heteroatoms. The van der Waals surface area contributed by atoms with Crippen molar-refractivity contribution in [3.63, 3.8) is 0 Å². The summed E-state index contributed by atoms with van der Waals surface area (Å²) in [6.45, 7) is 2.08. The van der Waals surface area contributed by atoms with Gasteiger partial charge in [-0.1, -0.05) is 30.3 Å². The smallest absolute Gasteiger partial charge is 0.341 e. The molecule has 1 aliphatic heterocycles. The predicted molar refractivity (Wildman–Crippen MR) is 92.2 cm³/mol.